The normalized spacial score (nSPS) is 20.0. The van der Waals surface area contributed by atoms with Crippen LogP contribution in [-0.4, -0.2) is 26.9 Å². The van der Waals surface area contributed by atoms with Crippen molar-refractivity contribution in [1.29, 1.82) is 0 Å². The molecule has 5 heteroatoms. The van der Waals surface area contributed by atoms with E-state index < -0.39 is 0 Å². The summed E-state index contributed by atoms with van der Waals surface area (Å²) >= 11 is 1.73. The molecule has 104 valence electrons. The zero-order chi connectivity index (χ0) is 14.2. The highest BCUT2D eigenvalue weighted by Crippen LogP contribution is 2.42. The van der Waals surface area contributed by atoms with Gasteiger partial charge in [-0.05, 0) is 24.3 Å². The number of carbonyl (C=O) groups excluding carboxylic acids is 1. The van der Waals surface area contributed by atoms with Crippen molar-refractivity contribution in [3.63, 3.8) is 0 Å². The molecule has 4 rings (SSSR count). The molecule has 4 nitrogen and oxygen atoms in total. The Morgan fingerprint density at radius 2 is 2.05 bits per heavy atom. The van der Waals surface area contributed by atoms with Crippen LogP contribution in [0.1, 0.15) is 12.1 Å². The number of pyridine rings is 1. The van der Waals surface area contributed by atoms with E-state index >= 15 is 0 Å². The molecule has 1 aromatic heterocycles. The molecule has 21 heavy (non-hydrogen) atoms. The maximum absolute atomic E-state index is 12.3. The van der Waals surface area contributed by atoms with Gasteiger partial charge in [-0.2, -0.15) is 0 Å². The smallest absolute Gasteiger partial charge is 0.229 e. The molecular formula is C16H13N3OS. The fraction of sp³-hybridized carbons (Fsp3) is 0.188. The van der Waals surface area contributed by atoms with Gasteiger partial charge in [0.2, 0.25) is 5.91 Å². The number of fused-ring (bicyclic) bond motifs is 2. The van der Waals surface area contributed by atoms with Gasteiger partial charge in [0.05, 0.1) is 23.2 Å². The van der Waals surface area contributed by atoms with E-state index in [1.54, 1.807) is 22.9 Å². The van der Waals surface area contributed by atoms with Gasteiger partial charge >= 0.3 is 0 Å². The maximum atomic E-state index is 12.3. The van der Waals surface area contributed by atoms with Crippen molar-refractivity contribution in [2.45, 2.75) is 23.1 Å². The van der Waals surface area contributed by atoms with Crippen molar-refractivity contribution in [1.82, 2.24) is 9.88 Å². The number of carbonyl (C=O) groups is 1. The quantitative estimate of drug-likeness (QED) is 0.855. The number of nitrogens with zero attached hydrogens (tertiary/aromatic N) is 3. The molecule has 0 N–H and O–H groups in total. The molecule has 1 aromatic carbocycles. The van der Waals surface area contributed by atoms with Crippen LogP contribution in [0.4, 0.5) is 5.69 Å². The van der Waals surface area contributed by atoms with Crippen LogP contribution in [0, 0.1) is 0 Å². The number of benzene rings is 1. The van der Waals surface area contributed by atoms with Gasteiger partial charge in [-0.3, -0.25) is 14.7 Å². The minimum absolute atomic E-state index is 0.129. The lowest BCUT2D eigenvalue weighted by Gasteiger charge is -2.22. The number of hydrogen-bond donors (Lipinski definition) is 0. The molecule has 2 aliphatic heterocycles. The highest BCUT2D eigenvalue weighted by molar-refractivity contribution is 8.01. The summed E-state index contributed by atoms with van der Waals surface area (Å²) in [7, 11) is 0. The summed E-state index contributed by atoms with van der Waals surface area (Å²) in [5.74, 6) is 0.999. The van der Waals surface area contributed by atoms with Crippen LogP contribution >= 0.6 is 11.8 Å². The van der Waals surface area contributed by atoms with Crippen LogP contribution in [0.15, 0.2) is 58.5 Å². The first kappa shape index (κ1) is 12.6. The predicted molar refractivity (Wildman–Crippen MR) is 82.6 cm³/mol. The van der Waals surface area contributed by atoms with E-state index in [0.717, 1.165) is 22.1 Å². The second kappa shape index (κ2) is 5.00. The third kappa shape index (κ3) is 2.23. The largest absolute Gasteiger partial charge is 0.293 e. The van der Waals surface area contributed by atoms with Crippen molar-refractivity contribution in [2.75, 3.05) is 0 Å². The van der Waals surface area contributed by atoms with Gasteiger partial charge < -0.3 is 0 Å². The molecule has 0 aliphatic carbocycles. The van der Waals surface area contributed by atoms with Crippen LogP contribution in [0.5, 0.6) is 0 Å². The van der Waals surface area contributed by atoms with Gasteiger partial charge in [0.1, 0.15) is 5.84 Å². The van der Waals surface area contributed by atoms with E-state index in [4.69, 9.17) is 4.99 Å². The minimum atomic E-state index is 0.129. The van der Waals surface area contributed by atoms with Crippen molar-refractivity contribution < 1.29 is 4.79 Å². The number of para-hydroxylation sites is 1. The predicted octanol–water partition coefficient (Wildman–Crippen LogP) is 3.02. The van der Waals surface area contributed by atoms with Crippen molar-refractivity contribution in [2.24, 2.45) is 4.99 Å². The second-order valence-electron chi connectivity index (χ2n) is 5.05. The molecule has 0 radical (unpaired) electrons. The van der Waals surface area contributed by atoms with Gasteiger partial charge in [0.25, 0.3) is 0 Å². The molecule has 1 atom stereocenters. The van der Waals surface area contributed by atoms with Gasteiger partial charge in [0, 0.05) is 17.5 Å². The Balaban J connectivity index is 1.69. The number of likely N-dealkylation sites (tertiary alicyclic amines) is 1. The zero-order valence-corrected chi connectivity index (χ0v) is 12.1. The Hall–Kier alpha value is -2.14. The maximum Gasteiger partial charge on any atom is 0.229 e. The second-order valence-corrected chi connectivity index (χ2v) is 6.29. The highest BCUT2D eigenvalue weighted by atomic mass is 32.2. The van der Waals surface area contributed by atoms with E-state index in [0.29, 0.717) is 13.0 Å². The van der Waals surface area contributed by atoms with Gasteiger partial charge in [-0.15, -0.1) is 11.8 Å². The SMILES string of the molecule is O=C1C[C@H]2Sc3ccccc3N=C2N1Cc1ccccn1. The van der Waals surface area contributed by atoms with Crippen LogP contribution in [-0.2, 0) is 11.3 Å². The fourth-order valence-corrected chi connectivity index (χ4v) is 3.85. The number of amides is 1. The lowest BCUT2D eigenvalue weighted by atomic mass is 10.3. The van der Waals surface area contributed by atoms with Crippen molar-refractivity contribution >= 4 is 29.2 Å². The first-order valence-corrected chi connectivity index (χ1v) is 7.74. The Bertz CT molecular complexity index is 729. The van der Waals surface area contributed by atoms with Crippen LogP contribution in [0.2, 0.25) is 0 Å². The van der Waals surface area contributed by atoms with E-state index in [-0.39, 0.29) is 11.2 Å². The molecular weight excluding hydrogens is 282 g/mol. The standard InChI is InChI=1S/C16H13N3OS/c20-15-9-14-16(18-12-6-1-2-7-13(12)21-14)19(15)10-11-5-3-4-8-17-11/h1-8,14H,9-10H2/t14-/m1/s1. The van der Waals surface area contributed by atoms with E-state index in [1.165, 1.54) is 0 Å². The van der Waals surface area contributed by atoms with Gasteiger partial charge in [-0.25, -0.2) is 4.99 Å². The topological polar surface area (TPSA) is 45.6 Å². The van der Waals surface area contributed by atoms with Crippen LogP contribution < -0.4 is 0 Å². The van der Waals surface area contributed by atoms with E-state index in [2.05, 4.69) is 11.1 Å². The average Bonchev–Trinajstić information content (AvgIpc) is 2.81. The summed E-state index contributed by atoms with van der Waals surface area (Å²) in [5.41, 5.74) is 1.84. The van der Waals surface area contributed by atoms with E-state index in [9.17, 15) is 4.79 Å². The summed E-state index contributed by atoms with van der Waals surface area (Å²) in [6.45, 7) is 0.498. The lowest BCUT2D eigenvalue weighted by molar-refractivity contribution is -0.126. The van der Waals surface area contributed by atoms with Gasteiger partial charge in [0.15, 0.2) is 0 Å². The molecule has 0 saturated carbocycles. The fourth-order valence-electron chi connectivity index (χ4n) is 2.64. The first-order valence-electron chi connectivity index (χ1n) is 6.86. The molecule has 1 amide bonds. The number of aromatic nitrogens is 1. The Kier molecular flexibility index (Phi) is 3.00. The van der Waals surface area contributed by atoms with Gasteiger partial charge in [-0.1, -0.05) is 18.2 Å². The highest BCUT2D eigenvalue weighted by Gasteiger charge is 2.39. The van der Waals surface area contributed by atoms with E-state index in [1.807, 2.05) is 36.4 Å². The Labute approximate surface area is 126 Å². The van der Waals surface area contributed by atoms with Crippen LogP contribution in [0.25, 0.3) is 0 Å². The Morgan fingerprint density at radius 3 is 2.90 bits per heavy atom. The third-order valence-corrected chi connectivity index (χ3v) is 4.90. The number of hydrogen-bond acceptors (Lipinski definition) is 4. The minimum Gasteiger partial charge on any atom is -0.293 e. The molecule has 1 fully saturated rings. The zero-order valence-electron chi connectivity index (χ0n) is 11.3. The number of rotatable bonds is 2. The Morgan fingerprint density at radius 1 is 1.19 bits per heavy atom. The summed E-state index contributed by atoms with van der Waals surface area (Å²) in [4.78, 5) is 24.2. The summed E-state index contributed by atoms with van der Waals surface area (Å²) in [6, 6.07) is 13.8. The lowest BCUT2D eigenvalue weighted by Crippen LogP contribution is -2.32. The molecule has 2 aliphatic rings. The summed E-state index contributed by atoms with van der Waals surface area (Å²) < 4.78 is 0. The number of aliphatic imine (C=N–C) groups is 1. The molecule has 0 bridgehead atoms. The average molecular weight is 295 g/mol. The first-order chi connectivity index (χ1) is 10.3. The van der Waals surface area contributed by atoms with Crippen molar-refractivity contribution in [3.05, 3.63) is 54.4 Å². The molecule has 3 heterocycles. The number of thioether (sulfide) groups is 1. The van der Waals surface area contributed by atoms with Crippen LogP contribution in [0.3, 0.4) is 0 Å². The number of amidine groups is 1. The molecule has 2 aromatic rings. The molecule has 0 unspecified atom stereocenters. The monoisotopic (exact) mass is 295 g/mol. The summed E-state index contributed by atoms with van der Waals surface area (Å²) in [5, 5.41) is 0.135. The summed E-state index contributed by atoms with van der Waals surface area (Å²) in [6.07, 6.45) is 2.27. The third-order valence-electron chi connectivity index (χ3n) is 3.64. The van der Waals surface area contributed by atoms with Crippen molar-refractivity contribution in [3.8, 4) is 0 Å². The molecule has 0 spiro atoms. The molecule has 1 saturated heterocycles.